The van der Waals surface area contributed by atoms with E-state index in [2.05, 4.69) is 14.9 Å². The van der Waals surface area contributed by atoms with E-state index in [1.54, 1.807) is 0 Å². The number of nitrogens with zero attached hydrogens (tertiary/aromatic N) is 2. The van der Waals surface area contributed by atoms with E-state index in [0.29, 0.717) is 0 Å². The molecular formula is C4H2Cl2N2O2. The molecule has 0 aliphatic heterocycles. The van der Waals surface area contributed by atoms with Crippen LogP contribution in [0.3, 0.4) is 0 Å². The van der Waals surface area contributed by atoms with Crippen molar-refractivity contribution in [3.05, 3.63) is 16.6 Å². The van der Waals surface area contributed by atoms with Gasteiger partial charge in [-0.15, -0.1) is 0 Å². The predicted octanol–water partition coefficient (Wildman–Crippen LogP) is 1.64. The van der Waals surface area contributed by atoms with E-state index < -0.39 is 0 Å². The van der Waals surface area contributed by atoms with Gasteiger partial charge in [-0.3, -0.25) is 0 Å². The molecule has 1 N–H and O–H groups in total. The first-order chi connectivity index (χ1) is 4.75. The quantitative estimate of drug-likeness (QED) is 0.406. The van der Waals surface area contributed by atoms with Crippen LogP contribution >= 0.6 is 23.2 Å². The number of halogens is 2. The third kappa shape index (κ3) is 1.29. The Morgan fingerprint density at radius 2 is 1.80 bits per heavy atom. The minimum atomic E-state index is -0.133. The van der Waals surface area contributed by atoms with Crippen LogP contribution in [0.4, 0.5) is 0 Å². The molecule has 0 spiro atoms. The molecule has 1 heterocycles. The minimum absolute atomic E-state index is 0.0255. The van der Waals surface area contributed by atoms with E-state index in [0.717, 1.165) is 6.33 Å². The van der Waals surface area contributed by atoms with Gasteiger partial charge in [0.05, 0.1) is 0 Å². The van der Waals surface area contributed by atoms with Crippen molar-refractivity contribution in [1.82, 2.24) is 9.97 Å². The maximum Gasteiger partial charge on any atom is 0.239 e. The van der Waals surface area contributed by atoms with Gasteiger partial charge in [0, 0.05) is 0 Å². The maximum absolute atomic E-state index is 8.15. The van der Waals surface area contributed by atoms with Crippen LogP contribution in [0.2, 0.25) is 10.3 Å². The molecule has 0 bridgehead atoms. The maximum atomic E-state index is 8.15. The fourth-order valence-electron chi connectivity index (χ4n) is 0.408. The van der Waals surface area contributed by atoms with Crippen molar-refractivity contribution in [2.45, 2.75) is 0 Å². The normalized spacial score (nSPS) is 9.50. The Balaban J connectivity index is 3.17. The fourth-order valence-corrected chi connectivity index (χ4v) is 0.792. The highest BCUT2D eigenvalue weighted by Crippen LogP contribution is 2.27. The summed E-state index contributed by atoms with van der Waals surface area (Å²) >= 11 is 10.8. The van der Waals surface area contributed by atoms with Gasteiger partial charge < -0.3 is 4.89 Å². The van der Waals surface area contributed by atoms with Crippen molar-refractivity contribution in [2.24, 2.45) is 0 Å². The Labute approximate surface area is 66.3 Å². The van der Waals surface area contributed by atoms with E-state index in [4.69, 9.17) is 28.5 Å². The van der Waals surface area contributed by atoms with Crippen molar-refractivity contribution in [1.29, 1.82) is 0 Å². The zero-order chi connectivity index (χ0) is 7.56. The van der Waals surface area contributed by atoms with Crippen LogP contribution in [0.1, 0.15) is 0 Å². The average Bonchev–Trinajstić information content (AvgIpc) is 1.88. The van der Waals surface area contributed by atoms with E-state index >= 15 is 0 Å². The highest BCUT2D eigenvalue weighted by Gasteiger charge is 2.08. The summed E-state index contributed by atoms with van der Waals surface area (Å²) < 4.78 is 0. The molecule has 54 valence electrons. The van der Waals surface area contributed by atoms with Gasteiger partial charge in [0.2, 0.25) is 5.75 Å². The lowest BCUT2D eigenvalue weighted by Gasteiger charge is -1.97. The van der Waals surface area contributed by atoms with Gasteiger partial charge >= 0.3 is 0 Å². The summed E-state index contributed by atoms with van der Waals surface area (Å²) in [6.45, 7) is 0. The number of hydrogen-bond acceptors (Lipinski definition) is 4. The van der Waals surface area contributed by atoms with Crippen LogP contribution in [0, 0.1) is 0 Å². The minimum Gasteiger partial charge on any atom is -0.334 e. The second-order valence-electron chi connectivity index (χ2n) is 1.38. The molecule has 0 aromatic carbocycles. The third-order valence-electron chi connectivity index (χ3n) is 0.808. The molecule has 0 aliphatic carbocycles. The second kappa shape index (κ2) is 3.01. The van der Waals surface area contributed by atoms with Crippen LogP contribution in [-0.2, 0) is 0 Å². The molecule has 0 saturated heterocycles. The van der Waals surface area contributed by atoms with Crippen LogP contribution in [0.5, 0.6) is 5.75 Å². The molecule has 10 heavy (non-hydrogen) atoms. The molecule has 0 unspecified atom stereocenters. The molecule has 0 saturated carbocycles. The molecule has 4 nitrogen and oxygen atoms in total. The summed E-state index contributed by atoms with van der Waals surface area (Å²) in [6.07, 6.45) is 1.16. The summed E-state index contributed by atoms with van der Waals surface area (Å²) in [5, 5.41) is 8.10. The third-order valence-corrected chi connectivity index (χ3v) is 1.35. The highest BCUT2D eigenvalue weighted by atomic mass is 35.5. The molecule has 0 atom stereocenters. The molecule has 0 amide bonds. The second-order valence-corrected chi connectivity index (χ2v) is 2.09. The molecule has 0 aliphatic rings. The smallest absolute Gasteiger partial charge is 0.239 e. The Kier molecular flexibility index (Phi) is 2.26. The average molecular weight is 181 g/mol. The topological polar surface area (TPSA) is 55.2 Å². The zero-order valence-corrected chi connectivity index (χ0v) is 6.10. The highest BCUT2D eigenvalue weighted by molar-refractivity contribution is 6.35. The monoisotopic (exact) mass is 180 g/mol. The fraction of sp³-hybridized carbons (Fsp3) is 0. The Bertz CT molecular complexity index is 222. The van der Waals surface area contributed by atoms with Crippen molar-refractivity contribution in [3.8, 4) is 5.75 Å². The van der Waals surface area contributed by atoms with E-state index in [9.17, 15) is 0 Å². The molecule has 0 radical (unpaired) electrons. The van der Waals surface area contributed by atoms with Crippen LogP contribution in [-0.4, -0.2) is 15.2 Å². The van der Waals surface area contributed by atoms with E-state index in [1.165, 1.54) is 0 Å². The number of rotatable bonds is 1. The van der Waals surface area contributed by atoms with Crippen molar-refractivity contribution in [2.75, 3.05) is 0 Å². The van der Waals surface area contributed by atoms with Gasteiger partial charge in [0.1, 0.15) is 6.33 Å². The first-order valence-electron chi connectivity index (χ1n) is 2.23. The van der Waals surface area contributed by atoms with Crippen molar-refractivity contribution in [3.63, 3.8) is 0 Å². The Hall–Kier alpha value is -0.580. The zero-order valence-electron chi connectivity index (χ0n) is 4.58. The molecule has 1 rings (SSSR count). The van der Waals surface area contributed by atoms with Gasteiger partial charge in [-0.2, -0.15) is 0 Å². The molecule has 1 aromatic heterocycles. The van der Waals surface area contributed by atoms with Crippen LogP contribution in [0.15, 0.2) is 6.33 Å². The van der Waals surface area contributed by atoms with Gasteiger partial charge in [-0.05, 0) is 0 Å². The first-order valence-corrected chi connectivity index (χ1v) is 2.98. The largest absolute Gasteiger partial charge is 0.334 e. The van der Waals surface area contributed by atoms with Gasteiger partial charge in [-0.1, -0.05) is 23.2 Å². The standard InChI is InChI=1S/C4H2Cl2N2O2/c5-3-2(10-9)4(6)8-1-7-3/h1,9H. The van der Waals surface area contributed by atoms with Crippen molar-refractivity contribution < 1.29 is 10.1 Å². The van der Waals surface area contributed by atoms with Gasteiger partial charge in [0.25, 0.3) is 0 Å². The van der Waals surface area contributed by atoms with E-state index in [-0.39, 0.29) is 16.1 Å². The van der Waals surface area contributed by atoms with E-state index in [1.807, 2.05) is 0 Å². The first kappa shape index (κ1) is 7.53. The lowest BCUT2D eigenvalue weighted by Crippen LogP contribution is -1.90. The molecule has 1 aromatic rings. The summed E-state index contributed by atoms with van der Waals surface area (Å²) in [6, 6.07) is 0. The Morgan fingerprint density at radius 1 is 1.30 bits per heavy atom. The molecular weight excluding hydrogens is 179 g/mol. The van der Waals surface area contributed by atoms with Gasteiger partial charge in [0.15, 0.2) is 10.3 Å². The summed E-state index contributed by atoms with van der Waals surface area (Å²) in [4.78, 5) is 10.8. The summed E-state index contributed by atoms with van der Waals surface area (Å²) in [5.74, 6) is -0.133. The van der Waals surface area contributed by atoms with Crippen molar-refractivity contribution >= 4 is 23.2 Å². The SMILES string of the molecule is OOc1c(Cl)ncnc1Cl. The number of aromatic nitrogens is 2. The predicted molar refractivity (Wildman–Crippen MR) is 35.3 cm³/mol. The van der Waals surface area contributed by atoms with Crippen LogP contribution < -0.4 is 4.89 Å². The summed E-state index contributed by atoms with van der Waals surface area (Å²) in [5.41, 5.74) is 0. The summed E-state index contributed by atoms with van der Waals surface area (Å²) in [7, 11) is 0. The number of hydrogen-bond donors (Lipinski definition) is 1. The lowest BCUT2D eigenvalue weighted by atomic mass is 10.6. The van der Waals surface area contributed by atoms with Crippen LogP contribution in [0.25, 0.3) is 0 Å². The molecule has 6 heteroatoms. The van der Waals surface area contributed by atoms with Gasteiger partial charge in [-0.25, -0.2) is 15.2 Å². The Morgan fingerprint density at radius 3 is 2.10 bits per heavy atom. The lowest BCUT2D eigenvalue weighted by molar-refractivity contribution is -0.138. The molecule has 0 fully saturated rings.